The quantitative estimate of drug-likeness (QED) is 0.300. The van der Waals surface area contributed by atoms with Gasteiger partial charge in [-0.05, 0) is 36.4 Å². The fourth-order valence-electron chi connectivity index (χ4n) is 3.11. The summed E-state index contributed by atoms with van der Waals surface area (Å²) in [6.07, 6.45) is 0. The average Bonchev–Trinajstić information content (AvgIpc) is 2.85. The van der Waals surface area contributed by atoms with Crippen LogP contribution in [0.1, 0.15) is 0 Å². The minimum Gasteiger partial charge on any atom is -0.368 e. The second-order valence-electron chi connectivity index (χ2n) is 7.07. The van der Waals surface area contributed by atoms with Gasteiger partial charge < -0.3 is 22.1 Å². The molecule has 34 heavy (non-hydrogen) atoms. The first-order chi connectivity index (χ1) is 16.6. The largest absolute Gasteiger partial charge is 0.368 e. The van der Waals surface area contributed by atoms with Crippen LogP contribution in [-0.4, -0.2) is 34.9 Å². The Hall–Kier alpha value is -5.19. The van der Waals surface area contributed by atoms with E-state index in [0.717, 1.165) is 11.4 Å². The highest BCUT2D eigenvalue weighted by molar-refractivity contribution is 5.63. The number of nitrogens with zero attached hydrogens (tertiary/aromatic N) is 7. The molecule has 0 aliphatic heterocycles. The first kappa shape index (κ1) is 20.7. The average molecular weight is 449 g/mol. The molecule has 0 saturated heterocycles. The van der Waals surface area contributed by atoms with E-state index in [-0.39, 0.29) is 11.9 Å². The van der Waals surface area contributed by atoms with E-state index in [1.807, 2.05) is 60.7 Å². The van der Waals surface area contributed by atoms with Gasteiger partial charge in [0.05, 0.1) is 0 Å². The van der Waals surface area contributed by atoms with Crippen LogP contribution in [0.25, 0.3) is 23.0 Å². The van der Waals surface area contributed by atoms with Crippen molar-refractivity contribution in [3.63, 3.8) is 0 Å². The van der Waals surface area contributed by atoms with Gasteiger partial charge in [0.1, 0.15) is 11.4 Å². The van der Waals surface area contributed by atoms with Crippen LogP contribution in [0.5, 0.6) is 0 Å². The van der Waals surface area contributed by atoms with E-state index in [4.69, 9.17) is 11.5 Å². The van der Waals surface area contributed by atoms with Gasteiger partial charge in [-0.2, -0.15) is 29.9 Å². The molecule has 3 aromatic heterocycles. The standard InChI is InChI=1S/C23H19N11/c24-20-29-18(31-22(33-20)26-14-8-3-1-4-9-14)16-12-7-13-17(28-16)19-30-21(25)34-23(32-19)27-15-10-5-2-6-11-15/h1-13H,(H3,24,26,29,31,33)(H3,25,27,30,32,34). The van der Waals surface area contributed by atoms with Crippen molar-refractivity contribution in [1.29, 1.82) is 0 Å². The van der Waals surface area contributed by atoms with Gasteiger partial charge in [-0.3, -0.25) is 0 Å². The van der Waals surface area contributed by atoms with Crippen LogP contribution in [0.3, 0.4) is 0 Å². The number of hydrogen-bond donors (Lipinski definition) is 4. The molecule has 2 aromatic carbocycles. The number of hydrogen-bond acceptors (Lipinski definition) is 11. The third kappa shape index (κ3) is 4.83. The summed E-state index contributed by atoms with van der Waals surface area (Å²) in [7, 11) is 0. The predicted octanol–water partition coefficient (Wildman–Crippen LogP) is 3.44. The summed E-state index contributed by atoms with van der Waals surface area (Å²) in [6.45, 7) is 0. The Bertz CT molecular complexity index is 1320. The molecular formula is C23H19N11. The number of rotatable bonds is 6. The Kier molecular flexibility index (Phi) is 5.55. The number of nitrogens with two attached hydrogens (primary N) is 2. The normalized spacial score (nSPS) is 10.6. The highest BCUT2D eigenvalue weighted by atomic mass is 15.2. The van der Waals surface area contributed by atoms with Gasteiger partial charge in [-0.1, -0.05) is 42.5 Å². The zero-order valence-electron chi connectivity index (χ0n) is 17.8. The maximum absolute atomic E-state index is 5.92. The molecule has 0 unspecified atom stereocenters. The van der Waals surface area contributed by atoms with Crippen molar-refractivity contribution in [1.82, 2.24) is 34.9 Å². The van der Waals surface area contributed by atoms with Crippen molar-refractivity contribution >= 4 is 35.2 Å². The van der Waals surface area contributed by atoms with Crippen molar-refractivity contribution < 1.29 is 0 Å². The SMILES string of the molecule is Nc1nc(Nc2ccccc2)nc(-c2cccc(-c3nc(N)nc(Nc4ccccc4)n3)n2)n1. The van der Waals surface area contributed by atoms with Gasteiger partial charge in [0.2, 0.25) is 23.8 Å². The smallest absolute Gasteiger partial charge is 0.232 e. The predicted molar refractivity (Wildman–Crippen MR) is 130 cm³/mol. The minimum absolute atomic E-state index is 0.0642. The second kappa shape index (κ2) is 9.12. The molecule has 0 radical (unpaired) electrons. The van der Waals surface area contributed by atoms with Crippen LogP contribution in [0, 0.1) is 0 Å². The lowest BCUT2D eigenvalue weighted by molar-refractivity contribution is 1.04. The van der Waals surface area contributed by atoms with Crippen LogP contribution < -0.4 is 22.1 Å². The lowest BCUT2D eigenvalue weighted by atomic mass is 10.2. The van der Waals surface area contributed by atoms with Crippen molar-refractivity contribution in [2.75, 3.05) is 22.1 Å². The van der Waals surface area contributed by atoms with Gasteiger partial charge in [-0.15, -0.1) is 0 Å². The van der Waals surface area contributed by atoms with Gasteiger partial charge >= 0.3 is 0 Å². The minimum atomic E-state index is 0.0642. The van der Waals surface area contributed by atoms with Gasteiger partial charge in [0.25, 0.3) is 0 Å². The molecule has 0 amide bonds. The Morgan fingerprint density at radius 1 is 0.441 bits per heavy atom. The Labute approximate surface area is 194 Å². The van der Waals surface area contributed by atoms with Crippen LogP contribution in [0.2, 0.25) is 0 Å². The lowest BCUT2D eigenvalue weighted by Crippen LogP contribution is -2.07. The number of benzene rings is 2. The van der Waals surface area contributed by atoms with Crippen molar-refractivity contribution in [2.45, 2.75) is 0 Å². The summed E-state index contributed by atoms with van der Waals surface area (Å²) in [5.74, 6) is 1.35. The summed E-state index contributed by atoms with van der Waals surface area (Å²) in [5.41, 5.74) is 14.4. The molecule has 0 fully saturated rings. The van der Waals surface area contributed by atoms with Crippen LogP contribution in [0.4, 0.5) is 35.2 Å². The molecule has 0 aliphatic carbocycles. The summed E-state index contributed by atoms with van der Waals surface area (Å²) in [6, 6.07) is 24.3. The molecule has 6 N–H and O–H groups in total. The topological polar surface area (TPSA) is 166 Å². The molecule has 0 bridgehead atoms. The number of aromatic nitrogens is 7. The summed E-state index contributed by atoms with van der Waals surface area (Å²) in [4.78, 5) is 30.3. The van der Waals surface area contributed by atoms with Crippen LogP contribution >= 0.6 is 0 Å². The maximum Gasteiger partial charge on any atom is 0.232 e. The van der Waals surface area contributed by atoms with Crippen molar-refractivity contribution in [2.24, 2.45) is 0 Å². The molecular weight excluding hydrogens is 430 g/mol. The lowest BCUT2D eigenvalue weighted by Gasteiger charge is -2.09. The van der Waals surface area contributed by atoms with Crippen molar-refractivity contribution in [3.8, 4) is 23.0 Å². The third-order valence-electron chi connectivity index (χ3n) is 4.57. The zero-order valence-corrected chi connectivity index (χ0v) is 17.8. The Morgan fingerprint density at radius 2 is 0.882 bits per heavy atom. The van der Waals surface area contributed by atoms with E-state index in [2.05, 4.69) is 45.5 Å². The highest BCUT2D eigenvalue weighted by Crippen LogP contribution is 2.22. The first-order valence-electron chi connectivity index (χ1n) is 10.3. The molecule has 5 aromatic rings. The molecule has 0 spiro atoms. The third-order valence-corrected chi connectivity index (χ3v) is 4.57. The second-order valence-corrected chi connectivity index (χ2v) is 7.07. The zero-order chi connectivity index (χ0) is 23.3. The number of anilines is 6. The van der Waals surface area contributed by atoms with Crippen molar-refractivity contribution in [3.05, 3.63) is 78.9 Å². The summed E-state index contributed by atoms with van der Waals surface area (Å²) < 4.78 is 0. The van der Waals surface area contributed by atoms with E-state index < -0.39 is 0 Å². The molecule has 11 nitrogen and oxygen atoms in total. The molecule has 0 saturated carbocycles. The first-order valence-corrected chi connectivity index (χ1v) is 10.3. The Morgan fingerprint density at radius 3 is 1.32 bits per heavy atom. The molecule has 166 valence electrons. The van der Waals surface area contributed by atoms with Crippen LogP contribution in [0.15, 0.2) is 78.9 Å². The fraction of sp³-hybridized carbons (Fsp3) is 0. The van der Waals surface area contributed by atoms with E-state index in [9.17, 15) is 0 Å². The van der Waals surface area contributed by atoms with E-state index >= 15 is 0 Å². The van der Waals surface area contributed by atoms with Gasteiger partial charge in [0.15, 0.2) is 11.6 Å². The molecule has 0 atom stereocenters. The molecule has 3 heterocycles. The van der Waals surface area contributed by atoms with E-state index in [0.29, 0.717) is 34.9 Å². The molecule has 11 heteroatoms. The fourth-order valence-corrected chi connectivity index (χ4v) is 3.11. The van der Waals surface area contributed by atoms with E-state index in [1.54, 1.807) is 18.2 Å². The monoisotopic (exact) mass is 449 g/mol. The number of para-hydroxylation sites is 2. The Balaban J connectivity index is 1.46. The van der Waals surface area contributed by atoms with E-state index in [1.165, 1.54) is 0 Å². The van der Waals surface area contributed by atoms with Gasteiger partial charge in [0, 0.05) is 11.4 Å². The number of pyridine rings is 1. The molecule has 5 rings (SSSR count). The summed E-state index contributed by atoms with van der Waals surface area (Å²) in [5, 5.41) is 6.22. The maximum atomic E-state index is 5.92. The molecule has 0 aliphatic rings. The number of nitrogens with one attached hydrogen (secondary N) is 2. The number of nitrogen functional groups attached to an aromatic ring is 2. The highest BCUT2D eigenvalue weighted by Gasteiger charge is 2.13. The van der Waals surface area contributed by atoms with Crippen LogP contribution in [-0.2, 0) is 0 Å². The van der Waals surface area contributed by atoms with Gasteiger partial charge in [-0.25, -0.2) is 4.98 Å². The summed E-state index contributed by atoms with van der Waals surface area (Å²) >= 11 is 0.